The maximum absolute atomic E-state index is 13.3. The number of benzene rings is 2. The number of rotatable bonds is 4. The Kier molecular flexibility index (Phi) is 4.89. The molecule has 3 aliphatic heterocycles. The highest BCUT2D eigenvalue weighted by Gasteiger charge is 2.73. The molecule has 32 heavy (non-hydrogen) atoms. The largest absolute Gasteiger partial charge is 0.468 e. The van der Waals surface area contributed by atoms with E-state index in [2.05, 4.69) is 0 Å². The molecular weight excluding hydrogens is 411 g/mol. The molecule has 3 fully saturated rings. The lowest BCUT2D eigenvalue weighted by Gasteiger charge is -2.36. The van der Waals surface area contributed by atoms with Gasteiger partial charge in [-0.05, 0) is 55.1 Å². The number of halogens is 1. The molecule has 4 atom stereocenters. The van der Waals surface area contributed by atoms with Crippen LogP contribution in [0.25, 0.3) is 11.1 Å². The summed E-state index contributed by atoms with van der Waals surface area (Å²) in [7, 11) is 1.34. The molecule has 0 bridgehead atoms. The van der Waals surface area contributed by atoms with Crippen molar-refractivity contribution in [1.29, 1.82) is 0 Å². The Labute approximate surface area is 185 Å². The molecular formula is C25H25FN2O4. The second-order valence-corrected chi connectivity index (χ2v) is 8.71. The van der Waals surface area contributed by atoms with Gasteiger partial charge in [0.1, 0.15) is 11.4 Å². The van der Waals surface area contributed by atoms with Crippen LogP contribution < -0.4 is 0 Å². The van der Waals surface area contributed by atoms with Crippen molar-refractivity contribution in [2.45, 2.75) is 31.3 Å². The number of fused-ring (bicyclic) bond motifs is 3. The molecule has 0 radical (unpaired) electrons. The average Bonchev–Trinajstić information content (AvgIpc) is 3.42. The quantitative estimate of drug-likeness (QED) is 0.544. The van der Waals surface area contributed by atoms with E-state index in [-0.39, 0.29) is 30.2 Å². The van der Waals surface area contributed by atoms with Crippen molar-refractivity contribution in [2.75, 3.05) is 20.2 Å². The average molecular weight is 436 g/mol. The fourth-order valence-corrected chi connectivity index (χ4v) is 6.09. The Hall–Kier alpha value is -3.06. The topological polar surface area (TPSA) is 66.9 Å². The van der Waals surface area contributed by atoms with E-state index in [1.54, 1.807) is 19.1 Å². The van der Waals surface area contributed by atoms with E-state index >= 15 is 0 Å². The van der Waals surface area contributed by atoms with Crippen LogP contribution in [0.3, 0.4) is 0 Å². The van der Waals surface area contributed by atoms with E-state index < -0.39 is 23.3 Å². The van der Waals surface area contributed by atoms with Crippen LogP contribution in [0.1, 0.15) is 31.4 Å². The molecule has 0 aromatic heterocycles. The molecule has 0 N–H and O–H groups in total. The molecule has 7 heteroatoms. The molecule has 2 aromatic rings. The Morgan fingerprint density at radius 1 is 1.06 bits per heavy atom. The molecule has 166 valence electrons. The highest BCUT2D eigenvalue weighted by molar-refractivity contribution is 6.09. The van der Waals surface area contributed by atoms with Crippen LogP contribution in [0.4, 0.5) is 4.39 Å². The lowest BCUT2D eigenvalue weighted by atomic mass is 9.77. The molecule has 5 rings (SSSR count). The molecule has 2 amide bonds. The summed E-state index contributed by atoms with van der Waals surface area (Å²) in [5.74, 6) is -2.56. The zero-order valence-electron chi connectivity index (χ0n) is 18.1. The van der Waals surface area contributed by atoms with Gasteiger partial charge in [-0.15, -0.1) is 0 Å². The van der Waals surface area contributed by atoms with Gasteiger partial charge in [-0.25, -0.2) is 4.39 Å². The zero-order chi connectivity index (χ0) is 22.6. The van der Waals surface area contributed by atoms with Gasteiger partial charge in [-0.2, -0.15) is 0 Å². The second-order valence-electron chi connectivity index (χ2n) is 8.71. The van der Waals surface area contributed by atoms with Gasteiger partial charge in [0.15, 0.2) is 0 Å². The summed E-state index contributed by atoms with van der Waals surface area (Å²) >= 11 is 0. The second kappa shape index (κ2) is 7.52. The summed E-state index contributed by atoms with van der Waals surface area (Å²) in [6.07, 6.45) is 1.26. The minimum atomic E-state index is -1.10. The molecule has 0 saturated carbocycles. The number of methoxy groups -OCH3 is 1. The SMILES string of the molecule is CCN1C(=O)C2C(c3ccc(-c4ccc(F)cc4)cc3)N3CCC[C@@]3(C(=O)OC)C2C1=O. The Morgan fingerprint density at radius 3 is 2.28 bits per heavy atom. The van der Waals surface area contributed by atoms with E-state index in [0.717, 1.165) is 23.1 Å². The van der Waals surface area contributed by atoms with Crippen LogP contribution in [0.15, 0.2) is 48.5 Å². The number of amides is 2. The maximum atomic E-state index is 13.3. The highest BCUT2D eigenvalue weighted by atomic mass is 19.1. The fourth-order valence-electron chi connectivity index (χ4n) is 6.09. The smallest absolute Gasteiger partial charge is 0.327 e. The molecule has 0 spiro atoms. The lowest BCUT2D eigenvalue weighted by molar-refractivity contribution is -0.159. The molecule has 3 saturated heterocycles. The number of nitrogens with zero attached hydrogens (tertiary/aromatic N) is 2. The Bertz CT molecular complexity index is 1080. The number of likely N-dealkylation sites (tertiary alicyclic amines) is 1. The van der Waals surface area contributed by atoms with E-state index in [9.17, 15) is 18.8 Å². The van der Waals surface area contributed by atoms with E-state index in [4.69, 9.17) is 4.74 Å². The molecule has 3 unspecified atom stereocenters. The number of ether oxygens (including phenoxy) is 1. The van der Waals surface area contributed by atoms with Crippen molar-refractivity contribution in [2.24, 2.45) is 11.8 Å². The number of carbonyl (C=O) groups is 3. The third-order valence-electron chi connectivity index (χ3n) is 7.39. The van der Waals surface area contributed by atoms with Crippen LogP contribution in [0, 0.1) is 17.7 Å². The van der Waals surface area contributed by atoms with Crippen LogP contribution in [-0.4, -0.2) is 53.3 Å². The molecule has 0 aliphatic carbocycles. The molecule has 3 aliphatic rings. The first-order valence-electron chi connectivity index (χ1n) is 11.0. The lowest BCUT2D eigenvalue weighted by Crippen LogP contribution is -2.54. The maximum Gasteiger partial charge on any atom is 0.327 e. The Morgan fingerprint density at radius 2 is 1.69 bits per heavy atom. The minimum absolute atomic E-state index is 0.215. The standard InChI is InChI=1S/C25H25FN2O4/c1-3-27-22(29)19-20(23(27)30)25(24(31)32-2)13-4-14-28(25)21(19)17-7-5-15(6-8-17)16-9-11-18(26)12-10-16/h5-12,19-21H,3-4,13-14H2,1-2H3/t19?,20?,21?,25-/m0/s1. The Balaban J connectivity index is 1.59. The highest BCUT2D eigenvalue weighted by Crippen LogP contribution is 2.59. The van der Waals surface area contributed by atoms with Gasteiger partial charge in [0.25, 0.3) is 0 Å². The van der Waals surface area contributed by atoms with Gasteiger partial charge in [-0.3, -0.25) is 24.2 Å². The number of esters is 1. The first-order valence-corrected chi connectivity index (χ1v) is 11.0. The van der Waals surface area contributed by atoms with Gasteiger partial charge in [-0.1, -0.05) is 36.4 Å². The van der Waals surface area contributed by atoms with Gasteiger partial charge >= 0.3 is 5.97 Å². The summed E-state index contributed by atoms with van der Waals surface area (Å²) < 4.78 is 18.5. The zero-order valence-corrected chi connectivity index (χ0v) is 18.1. The summed E-state index contributed by atoms with van der Waals surface area (Å²) in [6, 6.07) is 13.7. The normalized spacial score (nSPS) is 29.3. The molecule has 6 nitrogen and oxygen atoms in total. The van der Waals surface area contributed by atoms with Crippen molar-refractivity contribution >= 4 is 17.8 Å². The molecule has 2 aromatic carbocycles. The number of carbonyl (C=O) groups excluding carboxylic acids is 3. The summed E-state index contributed by atoms with van der Waals surface area (Å²) in [6.45, 7) is 2.69. The predicted molar refractivity (Wildman–Crippen MR) is 115 cm³/mol. The van der Waals surface area contributed by atoms with Crippen LogP contribution >= 0.6 is 0 Å². The van der Waals surface area contributed by atoms with Crippen molar-refractivity contribution in [3.63, 3.8) is 0 Å². The number of hydrogen-bond acceptors (Lipinski definition) is 5. The van der Waals surface area contributed by atoms with Crippen LogP contribution in [-0.2, 0) is 19.1 Å². The summed E-state index contributed by atoms with van der Waals surface area (Å²) in [5, 5.41) is 0. The van der Waals surface area contributed by atoms with Gasteiger partial charge in [0, 0.05) is 12.6 Å². The minimum Gasteiger partial charge on any atom is -0.468 e. The van der Waals surface area contributed by atoms with Gasteiger partial charge in [0.05, 0.1) is 18.9 Å². The van der Waals surface area contributed by atoms with Crippen molar-refractivity contribution < 1.29 is 23.5 Å². The third kappa shape index (κ3) is 2.70. The predicted octanol–water partition coefficient (Wildman–Crippen LogP) is 3.18. The van der Waals surface area contributed by atoms with Crippen molar-refractivity contribution in [3.8, 4) is 11.1 Å². The molecule has 3 heterocycles. The van der Waals surface area contributed by atoms with Crippen LogP contribution in [0.2, 0.25) is 0 Å². The van der Waals surface area contributed by atoms with E-state index in [1.165, 1.54) is 24.1 Å². The van der Waals surface area contributed by atoms with Gasteiger partial charge < -0.3 is 4.74 Å². The van der Waals surface area contributed by atoms with Crippen LogP contribution in [0.5, 0.6) is 0 Å². The van der Waals surface area contributed by atoms with E-state index in [1.807, 2.05) is 29.2 Å². The fraction of sp³-hybridized carbons (Fsp3) is 0.400. The summed E-state index contributed by atoms with van der Waals surface area (Å²) in [5.41, 5.74) is 1.60. The number of hydrogen-bond donors (Lipinski definition) is 0. The summed E-state index contributed by atoms with van der Waals surface area (Å²) in [4.78, 5) is 43.0. The monoisotopic (exact) mass is 436 g/mol. The van der Waals surface area contributed by atoms with E-state index in [0.29, 0.717) is 13.0 Å². The first kappa shape index (κ1) is 20.8. The van der Waals surface area contributed by atoms with Gasteiger partial charge in [0.2, 0.25) is 11.8 Å². The van der Waals surface area contributed by atoms with Crippen molar-refractivity contribution in [1.82, 2.24) is 9.80 Å². The third-order valence-corrected chi connectivity index (χ3v) is 7.39. The first-order chi connectivity index (χ1) is 15.4. The van der Waals surface area contributed by atoms with Crippen molar-refractivity contribution in [3.05, 3.63) is 59.9 Å². The number of imide groups is 1.